The van der Waals surface area contributed by atoms with Crippen LogP contribution in [0.3, 0.4) is 0 Å². The molecule has 1 atom stereocenters. The number of hydrogen-bond donors (Lipinski definition) is 1. The van der Waals surface area contributed by atoms with Gasteiger partial charge >= 0.3 is 0 Å². The van der Waals surface area contributed by atoms with E-state index < -0.39 is 0 Å². The highest BCUT2D eigenvalue weighted by Gasteiger charge is 2.23. The first-order valence-electron chi connectivity index (χ1n) is 5.30. The maximum absolute atomic E-state index is 4.04. The lowest BCUT2D eigenvalue weighted by Gasteiger charge is -2.35. The van der Waals surface area contributed by atoms with Crippen LogP contribution in [-0.4, -0.2) is 38.1 Å². The first-order valence-corrected chi connectivity index (χ1v) is 5.30. The van der Waals surface area contributed by atoms with Crippen LogP contribution in [0.2, 0.25) is 0 Å². The molecule has 0 saturated heterocycles. The highest BCUT2D eigenvalue weighted by molar-refractivity contribution is 5.00. The molecule has 2 heteroatoms. The van der Waals surface area contributed by atoms with Crippen molar-refractivity contribution in [1.82, 2.24) is 10.2 Å². The van der Waals surface area contributed by atoms with Gasteiger partial charge in [0.25, 0.3) is 0 Å². The van der Waals surface area contributed by atoms with E-state index in [2.05, 4.69) is 51.5 Å². The Bertz CT molecular complexity index is 179. The Labute approximate surface area is 89.4 Å². The number of rotatable bonds is 5. The van der Waals surface area contributed by atoms with E-state index in [4.69, 9.17) is 0 Å². The smallest absolute Gasteiger partial charge is 0.0202 e. The lowest BCUT2D eigenvalue weighted by atomic mass is 9.87. The molecule has 0 fully saturated rings. The van der Waals surface area contributed by atoms with E-state index >= 15 is 0 Å². The van der Waals surface area contributed by atoms with Gasteiger partial charge in [0.2, 0.25) is 0 Å². The lowest BCUT2D eigenvalue weighted by Crippen LogP contribution is -2.40. The Morgan fingerprint density at radius 1 is 1.43 bits per heavy atom. The molecule has 0 aromatic rings. The van der Waals surface area contributed by atoms with Crippen molar-refractivity contribution in [2.75, 3.05) is 27.2 Å². The number of nitrogens with zero attached hydrogens (tertiary/aromatic N) is 1. The average Bonchev–Trinajstić information content (AvgIpc) is 2.01. The molecule has 0 radical (unpaired) electrons. The van der Waals surface area contributed by atoms with Crippen molar-refractivity contribution in [3.63, 3.8) is 0 Å². The van der Waals surface area contributed by atoms with Gasteiger partial charge in [-0.3, -0.25) is 4.90 Å². The fraction of sp³-hybridized carbons (Fsp3) is 0.833. The molecule has 0 saturated carbocycles. The third-order valence-corrected chi connectivity index (χ3v) is 2.81. The summed E-state index contributed by atoms with van der Waals surface area (Å²) in [6, 6.07) is 0.566. The van der Waals surface area contributed by atoms with Gasteiger partial charge in [-0.2, -0.15) is 0 Å². The molecule has 0 spiro atoms. The van der Waals surface area contributed by atoms with E-state index in [9.17, 15) is 0 Å². The van der Waals surface area contributed by atoms with E-state index in [0.717, 1.165) is 13.1 Å². The fourth-order valence-corrected chi connectivity index (χ4v) is 1.46. The largest absolute Gasteiger partial charge is 0.316 e. The van der Waals surface area contributed by atoms with E-state index in [0.29, 0.717) is 11.5 Å². The topological polar surface area (TPSA) is 15.3 Å². The zero-order valence-corrected chi connectivity index (χ0v) is 10.6. The Kier molecular flexibility index (Phi) is 5.38. The van der Waals surface area contributed by atoms with Crippen LogP contribution in [0, 0.1) is 5.41 Å². The minimum absolute atomic E-state index is 0.328. The maximum atomic E-state index is 4.04. The van der Waals surface area contributed by atoms with Crippen molar-refractivity contribution in [2.45, 2.75) is 33.7 Å². The van der Waals surface area contributed by atoms with Crippen molar-refractivity contribution >= 4 is 0 Å². The monoisotopic (exact) mass is 198 g/mol. The lowest BCUT2D eigenvalue weighted by molar-refractivity contribution is 0.151. The summed E-state index contributed by atoms with van der Waals surface area (Å²) in [6.45, 7) is 15.0. The average molecular weight is 198 g/mol. The quantitative estimate of drug-likeness (QED) is 0.681. The van der Waals surface area contributed by atoms with Gasteiger partial charge in [0.1, 0.15) is 0 Å². The summed E-state index contributed by atoms with van der Waals surface area (Å²) in [5.41, 5.74) is 1.57. The van der Waals surface area contributed by atoms with Gasteiger partial charge in [0, 0.05) is 19.1 Å². The van der Waals surface area contributed by atoms with Crippen LogP contribution in [0.15, 0.2) is 12.2 Å². The molecule has 1 N–H and O–H groups in total. The molecular weight excluding hydrogens is 172 g/mol. The third kappa shape index (κ3) is 4.77. The van der Waals surface area contributed by atoms with Crippen molar-refractivity contribution in [2.24, 2.45) is 5.41 Å². The summed E-state index contributed by atoms with van der Waals surface area (Å²) < 4.78 is 0. The van der Waals surface area contributed by atoms with Crippen molar-refractivity contribution < 1.29 is 0 Å². The van der Waals surface area contributed by atoms with Gasteiger partial charge in [0.05, 0.1) is 0 Å². The second kappa shape index (κ2) is 5.52. The first-order chi connectivity index (χ1) is 6.29. The molecule has 0 aliphatic rings. The normalized spacial score (nSPS) is 14.5. The summed E-state index contributed by atoms with van der Waals surface area (Å²) in [4.78, 5) is 2.36. The van der Waals surface area contributed by atoms with Crippen LogP contribution in [0.25, 0.3) is 0 Å². The van der Waals surface area contributed by atoms with Crippen molar-refractivity contribution in [1.29, 1.82) is 0 Å². The molecule has 0 aromatic heterocycles. The summed E-state index contributed by atoms with van der Waals surface area (Å²) >= 11 is 0. The molecule has 0 heterocycles. The molecule has 0 aliphatic carbocycles. The van der Waals surface area contributed by atoms with Crippen LogP contribution < -0.4 is 5.32 Å². The summed E-state index contributed by atoms with van der Waals surface area (Å²) in [5, 5.41) is 3.12. The zero-order chi connectivity index (χ0) is 11.4. The van der Waals surface area contributed by atoms with Gasteiger partial charge in [0.15, 0.2) is 0 Å². The maximum Gasteiger partial charge on any atom is 0.0202 e. The van der Waals surface area contributed by atoms with Crippen LogP contribution in [0.4, 0.5) is 0 Å². The minimum atomic E-state index is 0.328. The van der Waals surface area contributed by atoms with E-state index in [1.165, 1.54) is 5.57 Å². The number of hydrogen-bond acceptors (Lipinski definition) is 2. The van der Waals surface area contributed by atoms with Gasteiger partial charge in [-0.1, -0.05) is 27.4 Å². The second-order valence-electron chi connectivity index (χ2n) is 5.24. The van der Waals surface area contributed by atoms with Crippen molar-refractivity contribution in [3.8, 4) is 0 Å². The highest BCUT2D eigenvalue weighted by Crippen LogP contribution is 2.23. The first kappa shape index (κ1) is 13.7. The summed E-state index contributed by atoms with van der Waals surface area (Å²) in [6.07, 6.45) is 0. The fourth-order valence-electron chi connectivity index (χ4n) is 1.46. The minimum Gasteiger partial charge on any atom is -0.316 e. The van der Waals surface area contributed by atoms with Crippen LogP contribution in [0.5, 0.6) is 0 Å². The predicted octanol–water partition coefficient (Wildman–Crippen LogP) is 2.13. The second-order valence-corrected chi connectivity index (χ2v) is 5.24. The molecule has 0 bridgehead atoms. The highest BCUT2D eigenvalue weighted by atomic mass is 15.1. The Morgan fingerprint density at radius 3 is 2.29 bits per heavy atom. The molecule has 14 heavy (non-hydrogen) atoms. The van der Waals surface area contributed by atoms with Crippen LogP contribution in [-0.2, 0) is 0 Å². The molecular formula is C12H26N2. The standard InChI is InChI=1S/C12H26N2/c1-10(8-13-6)9-14(7)11(2)12(3,4)5/h11,13H,1,8-9H2,2-7H3. The predicted molar refractivity (Wildman–Crippen MR) is 64.6 cm³/mol. The van der Waals surface area contributed by atoms with E-state index in [1.54, 1.807) is 0 Å². The third-order valence-electron chi connectivity index (χ3n) is 2.81. The molecule has 0 rings (SSSR count). The van der Waals surface area contributed by atoms with Crippen molar-refractivity contribution in [3.05, 3.63) is 12.2 Å². The van der Waals surface area contributed by atoms with Gasteiger partial charge < -0.3 is 5.32 Å². The Hall–Kier alpha value is -0.340. The van der Waals surface area contributed by atoms with E-state index in [1.807, 2.05) is 7.05 Å². The Morgan fingerprint density at radius 2 is 1.93 bits per heavy atom. The molecule has 84 valence electrons. The van der Waals surface area contributed by atoms with E-state index in [-0.39, 0.29) is 0 Å². The van der Waals surface area contributed by atoms with Crippen LogP contribution in [0.1, 0.15) is 27.7 Å². The van der Waals surface area contributed by atoms with Gasteiger partial charge in [-0.25, -0.2) is 0 Å². The SMILES string of the molecule is C=C(CNC)CN(C)C(C)C(C)(C)C. The summed E-state index contributed by atoms with van der Waals surface area (Å²) in [5.74, 6) is 0. The Balaban J connectivity index is 4.08. The molecule has 0 aliphatic heterocycles. The molecule has 0 amide bonds. The molecule has 2 nitrogen and oxygen atoms in total. The van der Waals surface area contributed by atoms with Gasteiger partial charge in [-0.05, 0) is 32.0 Å². The molecule has 0 aromatic carbocycles. The number of likely N-dealkylation sites (N-methyl/N-ethyl adjacent to an activating group) is 2. The van der Waals surface area contributed by atoms with Gasteiger partial charge in [-0.15, -0.1) is 0 Å². The summed E-state index contributed by atoms with van der Waals surface area (Å²) in [7, 11) is 4.12. The molecule has 1 unspecified atom stereocenters. The van der Waals surface area contributed by atoms with Crippen LogP contribution >= 0.6 is 0 Å². The zero-order valence-electron chi connectivity index (χ0n) is 10.6. The number of nitrogens with one attached hydrogen (secondary N) is 1.